The normalized spacial score (nSPS) is 11.6. The summed E-state index contributed by atoms with van der Waals surface area (Å²) in [6, 6.07) is 10.8. The molecule has 9 nitrogen and oxygen atoms in total. The van der Waals surface area contributed by atoms with Crippen molar-refractivity contribution in [2.24, 2.45) is 0 Å². The van der Waals surface area contributed by atoms with Gasteiger partial charge >= 0.3 is 5.97 Å². The fourth-order valence-corrected chi connectivity index (χ4v) is 4.14. The lowest BCUT2D eigenvalue weighted by molar-refractivity contribution is -0.141. The number of thiazole rings is 1. The Morgan fingerprint density at radius 3 is 2.69 bits per heavy atom. The zero-order valence-electron chi connectivity index (χ0n) is 17.7. The Bertz CT molecular complexity index is 1080. The number of carbonyl (C=O) groups is 3. The van der Waals surface area contributed by atoms with Crippen LogP contribution in [0.4, 0.5) is 16.6 Å². The predicted molar refractivity (Wildman–Crippen MR) is 123 cm³/mol. The third-order valence-corrected chi connectivity index (χ3v) is 6.13. The Kier molecular flexibility index (Phi) is 8.01. The first-order chi connectivity index (χ1) is 15.3. The minimum atomic E-state index is -0.486. The second kappa shape index (κ2) is 10.9. The number of thioether (sulfide) groups is 1. The van der Waals surface area contributed by atoms with Crippen LogP contribution in [0, 0.1) is 6.92 Å². The van der Waals surface area contributed by atoms with E-state index in [-0.39, 0.29) is 24.2 Å². The third-order valence-electron chi connectivity index (χ3n) is 4.14. The molecule has 0 spiro atoms. The summed E-state index contributed by atoms with van der Waals surface area (Å²) >= 11 is 2.44. The van der Waals surface area contributed by atoms with Crippen LogP contribution in [0.5, 0.6) is 0 Å². The van der Waals surface area contributed by atoms with Crippen molar-refractivity contribution >= 4 is 57.5 Å². The molecule has 0 aliphatic rings. The van der Waals surface area contributed by atoms with Gasteiger partial charge in [0, 0.05) is 18.4 Å². The van der Waals surface area contributed by atoms with Gasteiger partial charge < -0.3 is 14.6 Å². The number of ether oxygens (including phenoxy) is 1. The molecule has 3 rings (SSSR count). The number of aryl methyl sites for hydroxylation is 1. The number of hydrogen-bond acceptors (Lipinski definition) is 9. The third kappa shape index (κ3) is 6.41. The predicted octanol–water partition coefficient (Wildman–Crippen LogP) is 3.93. The highest BCUT2D eigenvalue weighted by atomic mass is 32.2. The number of nitrogens with one attached hydrogen (secondary N) is 1. The topological polar surface area (TPSA) is 115 Å². The molecule has 0 unspecified atom stereocenters. The summed E-state index contributed by atoms with van der Waals surface area (Å²) in [5, 5.41) is 8.08. The fraction of sp³-hybridized carbons (Fsp3) is 0.286. The van der Waals surface area contributed by atoms with Gasteiger partial charge in [-0.1, -0.05) is 23.4 Å². The van der Waals surface area contributed by atoms with E-state index in [9.17, 15) is 14.4 Å². The number of rotatable bonds is 9. The van der Waals surface area contributed by atoms with E-state index < -0.39 is 11.2 Å². The van der Waals surface area contributed by atoms with Gasteiger partial charge in [0.25, 0.3) is 0 Å². The Labute approximate surface area is 193 Å². The molecule has 3 aromatic rings. The lowest BCUT2D eigenvalue weighted by Crippen LogP contribution is -2.24. The van der Waals surface area contributed by atoms with E-state index in [0.29, 0.717) is 28.1 Å². The van der Waals surface area contributed by atoms with Crippen molar-refractivity contribution in [3.05, 3.63) is 53.2 Å². The molecule has 0 saturated heterocycles. The molecular weight excluding hydrogens is 452 g/mol. The Balaban J connectivity index is 1.47. The van der Waals surface area contributed by atoms with Crippen LogP contribution in [0.25, 0.3) is 0 Å². The Morgan fingerprint density at radius 2 is 2.03 bits per heavy atom. The summed E-state index contributed by atoms with van der Waals surface area (Å²) in [5.74, 6) is 0.00559. The molecule has 1 N–H and O–H groups in total. The highest BCUT2D eigenvalue weighted by molar-refractivity contribution is 8.01. The molecule has 0 aliphatic carbocycles. The summed E-state index contributed by atoms with van der Waals surface area (Å²) in [6.07, 6.45) is 0. The minimum Gasteiger partial charge on any atom is -0.459 e. The van der Waals surface area contributed by atoms with Gasteiger partial charge in [-0.05, 0) is 26.0 Å². The molecule has 2 amide bonds. The van der Waals surface area contributed by atoms with E-state index in [2.05, 4.69) is 15.5 Å². The minimum absolute atomic E-state index is 0.00695. The smallest absolute Gasteiger partial charge is 0.316 e. The summed E-state index contributed by atoms with van der Waals surface area (Å²) in [4.78, 5) is 42.2. The van der Waals surface area contributed by atoms with Crippen molar-refractivity contribution in [2.75, 3.05) is 16.0 Å². The highest BCUT2D eigenvalue weighted by Crippen LogP contribution is 2.29. The van der Waals surface area contributed by atoms with Crippen LogP contribution in [0.3, 0.4) is 0 Å². The van der Waals surface area contributed by atoms with Gasteiger partial charge in [-0.25, -0.2) is 4.98 Å². The zero-order valence-corrected chi connectivity index (χ0v) is 19.4. The first kappa shape index (κ1) is 23.5. The van der Waals surface area contributed by atoms with Crippen molar-refractivity contribution in [2.45, 2.75) is 32.6 Å². The van der Waals surface area contributed by atoms with Crippen LogP contribution in [-0.2, 0) is 25.7 Å². The SMILES string of the molecule is CC(=O)N(c1ccccc1)c1nc(COC(=O)CS[C@@H](C)C(=O)Nc2cc(C)on2)cs1. The van der Waals surface area contributed by atoms with Gasteiger partial charge in [0.05, 0.1) is 22.4 Å². The molecule has 168 valence electrons. The quantitative estimate of drug-likeness (QED) is 0.464. The van der Waals surface area contributed by atoms with E-state index in [1.54, 1.807) is 25.3 Å². The van der Waals surface area contributed by atoms with E-state index in [1.807, 2.05) is 30.3 Å². The fourth-order valence-electron chi connectivity index (χ4n) is 2.59. The van der Waals surface area contributed by atoms with Crippen LogP contribution in [0.1, 0.15) is 25.3 Å². The maximum Gasteiger partial charge on any atom is 0.316 e. The number of para-hydroxylation sites is 1. The molecule has 2 heterocycles. The van der Waals surface area contributed by atoms with Crippen LogP contribution in [0.2, 0.25) is 0 Å². The molecule has 0 fully saturated rings. The average Bonchev–Trinajstić information content (AvgIpc) is 3.40. The largest absolute Gasteiger partial charge is 0.459 e. The van der Waals surface area contributed by atoms with Crippen LogP contribution < -0.4 is 10.2 Å². The maximum atomic E-state index is 12.1. The average molecular weight is 475 g/mol. The molecule has 0 saturated carbocycles. The Hall–Kier alpha value is -3.18. The lowest BCUT2D eigenvalue weighted by atomic mass is 10.3. The van der Waals surface area contributed by atoms with Crippen LogP contribution >= 0.6 is 23.1 Å². The molecule has 0 bridgehead atoms. The molecular formula is C21H22N4O5S2. The summed E-state index contributed by atoms with van der Waals surface area (Å²) in [5.41, 5.74) is 1.25. The highest BCUT2D eigenvalue weighted by Gasteiger charge is 2.19. The first-order valence-corrected chi connectivity index (χ1v) is 11.6. The van der Waals surface area contributed by atoms with E-state index in [4.69, 9.17) is 9.26 Å². The summed E-state index contributed by atoms with van der Waals surface area (Å²) in [6.45, 7) is 4.86. The maximum absolute atomic E-state index is 12.1. The molecule has 11 heteroatoms. The second-order valence-corrected chi connectivity index (χ2v) is 8.90. The van der Waals surface area contributed by atoms with Gasteiger partial charge in [0.2, 0.25) is 11.8 Å². The van der Waals surface area contributed by atoms with Gasteiger partial charge in [0.1, 0.15) is 12.4 Å². The second-order valence-electron chi connectivity index (χ2n) is 6.74. The summed E-state index contributed by atoms with van der Waals surface area (Å²) in [7, 11) is 0. The number of nitrogens with zero attached hydrogens (tertiary/aromatic N) is 3. The number of aromatic nitrogens is 2. The molecule has 1 aromatic carbocycles. The van der Waals surface area contributed by atoms with Crippen molar-refractivity contribution < 1.29 is 23.6 Å². The van der Waals surface area contributed by atoms with E-state index in [0.717, 1.165) is 11.8 Å². The van der Waals surface area contributed by atoms with Gasteiger partial charge in [-0.2, -0.15) is 0 Å². The number of anilines is 3. The lowest BCUT2D eigenvalue weighted by Gasteiger charge is -2.17. The van der Waals surface area contributed by atoms with Crippen LogP contribution in [0.15, 0.2) is 46.3 Å². The molecule has 0 radical (unpaired) electrons. The number of carbonyl (C=O) groups excluding carboxylic acids is 3. The van der Waals surface area contributed by atoms with Gasteiger partial charge in [-0.3, -0.25) is 19.3 Å². The number of hydrogen-bond donors (Lipinski definition) is 1. The van der Waals surface area contributed by atoms with E-state index >= 15 is 0 Å². The monoisotopic (exact) mass is 474 g/mol. The van der Waals surface area contributed by atoms with Crippen LogP contribution in [-0.4, -0.2) is 38.9 Å². The van der Waals surface area contributed by atoms with Crippen molar-refractivity contribution in [3.63, 3.8) is 0 Å². The first-order valence-electron chi connectivity index (χ1n) is 9.65. The number of esters is 1. The van der Waals surface area contributed by atoms with Crippen molar-refractivity contribution in [1.29, 1.82) is 0 Å². The Morgan fingerprint density at radius 1 is 1.28 bits per heavy atom. The van der Waals surface area contributed by atoms with Gasteiger partial charge in [-0.15, -0.1) is 23.1 Å². The van der Waals surface area contributed by atoms with Crippen molar-refractivity contribution in [3.8, 4) is 0 Å². The standard InChI is InChI=1S/C21H22N4O5S2/c1-13-9-18(24-30-13)23-20(28)14(2)31-12-19(27)29-10-16-11-32-21(22-16)25(15(3)26)17-7-5-4-6-8-17/h4-9,11,14H,10,12H2,1-3H3,(H,23,24,28)/t14-/m0/s1. The molecule has 1 atom stereocenters. The summed E-state index contributed by atoms with van der Waals surface area (Å²) < 4.78 is 10.2. The molecule has 2 aromatic heterocycles. The van der Waals surface area contributed by atoms with Crippen molar-refractivity contribution in [1.82, 2.24) is 10.1 Å². The molecule has 0 aliphatic heterocycles. The van der Waals surface area contributed by atoms with Gasteiger partial charge in [0.15, 0.2) is 10.9 Å². The number of benzene rings is 1. The van der Waals surface area contributed by atoms with E-state index in [1.165, 1.54) is 23.2 Å². The molecule has 32 heavy (non-hydrogen) atoms. The number of amides is 2. The zero-order chi connectivity index (χ0) is 23.1.